The SMILES string of the molecule is O=C(Nc1cc(Cl)ccc1Cl)c1cc(-c2ccc(F)c(O)c2)on1. The van der Waals surface area contributed by atoms with Crippen molar-refractivity contribution in [1.82, 2.24) is 5.16 Å². The Morgan fingerprint density at radius 2 is 1.96 bits per heavy atom. The fraction of sp³-hybridized carbons (Fsp3) is 0. The third-order valence-electron chi connectivity index (χ3n) is 3.15. The average molecular weight is 367 g/mol. The number of aromatic nitrogens is 1. The van der Waals surface area contributed by atoms with Crippen LogP contribution < -0.4 is 5.32 Å². The van der Waals surface area contributed by atoms with Gasteiger partial charge >= 0.3 is 0 Å². The van der Waals surface area contributed by atoms with Gasteiger partial charge in [0.25, 0.3) is 5.91 Å². The predicted octanol–water partition coefficient (Wildman–Crippen LogP) is 4.75. The molecule has 0 fully saturated rings. The van der Waals surface area contributed by atoms with Gasteiger partial charge < -0.3 is 14.9 Å². The molecule has 0 unspecified atom stereocenters. The summed E-state index contributed by atoms with van der Waals surface area (Å²) in [6.45, 7) is 0. The van der Waals surface area contributed by atoms with E-state index in [1.165, 1.54) is 24.3 Å². The number of hydrogen-bond donors (Lipinski definition) is 2. The summed E-state index contributed by atoms with van der Waals surface area (Å²) in [5, 5.41) is 16.3. The van der Waals surface area contributed by atoms with Crippen LogP contribution in [-0.2, 0) is 0 Å². The number of nitrogens with one attached hydrogen (secondary N) is 1. The number of hydrogen-bond acceptors (Lipinski definition) is 4. The largest absolute Gasteiger partial charge is 0.505 e. The van der Waals surface area contributed by atoms with Gasteiger partial charge in [-0.25, -0.2) is 4.39 Å². The zero-order valence-corrected chi connectivity index (χ0v) is 13.4. The van der Waals surface area contributed by atoms with E-state index < -0.39 is 17.5 Å². The Kier molecular flexibility index (Phi) is 4.42. The van der Waals surface area contributed by atoms with Gasteiger partial charge in [0.1, 0.15) is 0 Å². The number of carbonyl (C=O) groups excluding carboxylic acids is 1. The smallest absolute Gasteiger partial charge is 0.277 e. The molecule has 2 N–H and O–H groups in total. The lowest BCUT2D eigenvalue weighted by Crippen LogP contribution is -2.12. The summed E-state index contributed by atoms with van der Waals surface area (Å²) in [5.74, 6) is -1.64. The molecule has 0 aliphatic carbocycles. The third-order valence-corrected chi connectivity index (χ3v) is 3.71. The quantitative estimate of drug-likeness (QED) is 0.701. The fourth-order valence-electron chi connectivity index (χ4n) is 1.96. The van der Waals surface area contributed by atoms with Crippen molar-refractivity contribution in [2.75, 3.05) is 5.32 Å². The van der Waals surface area contributed by atoms with E-state index >= 15 is 0 Å². The van der Waals surface area contributed by atoms with Crippen LogP contribution in [0.15, 0.2) is 47.0 Å². The summed E-state index contributed by atoms with van der Waals surface area (Å²) in [4.78, 5) is 12.2. The first kappa shape index (κ1) is 16.3. The van der Waals surface area contributed by atoms with Crippen molar-refractivity contribution in [2.24, 2.45) is 0 Å². The first-order chi connectivity index (χ1) is 11.4. The summed E-state index contributed by atoms with van der Waals surface area (Å²) in [6.07, 6.45) is 0. The van der Waals surface area contributed by atoms with Crippen LogP contribution in [0.3, 0.4) is 0 Å². The normalized spacial score (nSPS) is 10.6. The number of rotatable bonds is 3. The van der Waals surface area contributed by atoms with Gasteiger partial charge in [-0.15, -0.1) is 0 Å². The van der Waals surface area contributed by atoms with Gasteiger partial charge in [0.05, 0.1) is 10.7 Å². The van der Waals surface area contributed by atoms with Crippen LogP contribution in [0.5, 0.6) is 5.75 Å². The van der Waals surface area contributed by atoms with Crippen LogP contribution in [0.4, 0.5) is 10.1 Å². The van der Waals surface area contributed by atoms with Crippen LogP contribution >= 0.6 is 23.2 Å². The second-order valence-electron chi connectivity index (χ2n) is 4.82. The maximum atomic E-state index is 13.1. The highest BCUT2D eigenvalue weighted by Crippen LogP contribution is 2.28. The van der Waals surface area contributed by atoms with Gasteiger partial charge in [-0.3, -0.25) is 4.79 Å². The van der Waals surface area contributed by atoms with E-state index in [1.54, 1.807) is 12.1 Å². The number of phenolic OH excluding ortho intramolecular Hbond substituents is 1. The van der Waals surface area contributed by atoms with Crippen molar-refractivity contribution in [1.29, 1.82) is 0 Å². The van der Waals surface area contributed by atoms with Crippen molar-refractivity contribution < 1.29 is 18.8 Å². The van der Waals surface area contributed by atoms with Crippen LogP contribution in [0.2, 0.25) is 10.0 Å². The number of carbonyl (C=O) groups is 1. The van der Waals surface area contributed by atoms with Crippen molar-refractivity contribution in [3.05, 3.63) is 64.0 Å². The standard InChI is InChI=1S/C16H9Cl2FN2O3/c17-9-2-3-10(18)12(6-9)20-16(23)13-7-15(24-21-13)8-1-4-11(19)14(22)5-8/h1-7,22H,(H,20,23). The molecule has 0 bridgehead atoms. The number of phenols is 1. The lowest BCUT2D eigenvalue weighted by Gasteiger charge is -2.05. The third kappa shape index (κ3) is 3.34. The highest BCUT2D eigenvalue weighted by Gasteiger charge is 2.16. The molecule has 0 spiro atoms. The summed E-state index contributed by atoms with van der Waals surface area (Å²) < 4.78 is 18.1. The maximum Gasteiger partial charge on any atom is 0.277 e. The fourth-order valence-corrected chi connectivity index (χ4v) is 2.30. The Bertz CT molecular complexity index is 927. The molecular weight excluding hydrogens is 358 g/mol. The molecular formula is C16H9Cl2FN2O3. The maximum absolute atomic E-state index is 13.1. The molecule has 0 aliphatic heterocycles. The minimum atomic E-state index is -0.758. The summed E-state index contributed by atoms with van der Waals surface area (Å²) >= 11 is 11.8. The zero-order valence-electron chi connectivity index (χ0n) is 11.9. The predicted molar refractivity (Wildman–Crippen MR) is 88.0 cm³/mol. The van der Waals surface area contributed by atoms with Gasteiger partial charge in [0, 0.05) is 16.7 Å². The Hall–Kier alpha value is -2.57. The van der Waals surface area contributed by atoms with Crippen molar-refractivity contribution >= 4 is 34.8 Å². The molecule has 8 heteroatoms. The van der Waals surface area contributed by atoms with E-state index in [1.807, 2.05) is 0 Å². The van der Waals surface area contributed by atoms with E-state index in [-0.39, 0.29) is 11.5 Å². The highest BCUT2D eigenvalue weighted by atomic mass is 35.5. The lowest BCUT2D eigenvalue weighted by molar-refractivity contribution is 0.101. The van der Waals surface area contributed by atoms with Crippen molar-refractivity contribution in [3.63, 3.8) is 0 Å². The summed E-state index contributed by atoms with van der Waals surface area (Å²) in [7, 11) is 0. The van der Waals surface area contributed by atoms with E-state index in [9.17, 15) is 14.3 Å². The molecule has 1 aromatic heterocycles. The summed E-state index contributed by atoms with van der Waals surface area (Å²) in [6, 6.07) is 9.65. The molecule has 0 atom stereocenters. The van der Waals surface area contributed by atoms with Crippen molar-refractivity contribution in [3.8, 4) is 17.1 Å². The molecule has 0 saturated heterocycles. The molecule has 1 amide bonds. The number of amides is 1. The Morgan fingerprint density at radius 1 is 1.17 bits per heavy atom. The highest BCUT2D eigenvalue weighted by molar-refractivity contribution is 6.35. The minimum Gasteiger partial charge on any atom is -0.505 e. The lowest BCUT2D eigenvalue weighted by atomic mass is 10.1. The molecule has 1 heterocycles. The zero-order chi connectivity index (χ0) is 17.3. The summed E-state index contributed by atoms with van der Waals surface area (Å²) in [5.41, 5.74) is 0.698. The van der Waals surface area contributed by atoms with Crippen LogP contribution in [0.1, 0.15) is 10.5 Å². The van der Waals surface area contributed by atoms with E-state index in [2.05, 4.69) is 10.5 Å². The van der Waals surface area contributed by atoms with Crippen LogP contribution in [0, 0.1) is 5.82 Å². The topological polar surface area (TPSA) is 75.4 Å². The number of halogens is 3. The Labute approximate surface area is 145 Å². The van der Waals surface area contributed by atoms with Crippen molar-refractivity contribution in [2.45, 2.75) is 0 Å². The molecule has 3 aromatic rings. The monoisotopic (exact) mass is 366 g/mol. The molecule has 122 valence electrons. The van der Waals surface area contributed by atoms with Gasteiger partial charge in [0.2, 0.25) is 0 Å². The molecule has 2 aromatic carbocycles. The first-order valence-corrected chi connectivity index (χ1v) is 7.41. The Balaban J connectivity index is 1.83. The second kappa shape index (κ2) is 6.51. The van der Waals surface area contributed by atoms with E-state index in [0.717, 1.165) is 6.07 Å². The Morgan fingerprint density at radius 3 is 2.71 bits per heavy atom. The minimum absolute atomic E-state index is 0.00939. The van der Waals surface area contributed by atoms with Gasteiger partial charge in [-0.2, -0.15) is 0 Å². The average Bonchev–Trinajstić information content (AvgIpc) is 3.03. The molecule has 0 radical (unpaired) electrons. The number of anilines is 1. The van der Waals surface area contributed by atoms with Gasteiger partial charge in [-0.1, -0.05) is 28.4 Å². The molecule has 5 nitrogen and oxygen atoms in total. The molecule has 0 aliphatic rings. The second-order valence-corrected chi connectivity index (χ2v) is 5.66. The van der Waals surface area contributed by atoms with Crippen LogP contribution in [-0.4, -0.2) is 16.2 Å². The number of benzene rings is 2. The molecule has 0 saturated carbocycles. The van der Waals surface area contributed by atoms with E-state index in [0.29, 0.717) is 21.3 Å². The molecule has 3 rings (SSSR count). The van der Waals surface area contributed by atoms with Gasteiger partial charge in [0.15, 0.2) is 23.0 Å². The van der Waals surface area contributed by atoms with Gasteiger partial charge in [-0.05, 0) is 36.4 Å². The first-order valence-electron chi connectivity index (χ1n) is 6.66. The number of nitrogens with zero attached hydrogens (tertiary/aromatic N) is 1. The van der Waals surface area contributed by atoms with E-state index in [4.69, 9.17) is 27.7 Å². The molecule has 24 heavy (non-hydrogen) atoms. The number of aromatic hydroxyl groups is 1. The van der Waals surface area contributed by atoms with Crippen LogP contribution in [0.25, 0.3) is 11.3 Å².